The van der Waals surface area contributed by atoms with E-state index >= 15 is 14.4 Å². The van der Waals surface area contributed by atoms with Crippen LogP contribution < -0.4 is 10.6 Å². The lowest BCUT2D eigenvalue weighted by atomic mass is 9.84. The van der Waals surface area contributed by atoms with Gasteiger partial charge in [-0.15, -0.1) is 0 Å². The van der Waals surface area contributed by atoms with Crippen LogP contribution in [0.25, 0.3) is 0 Å². The van der Waals surface area contributed by atoms with Crippen molar-refractivity contribution in [3.8, 4) is 0 Å². The first-order valence-electron chi connectivity index (χ1n) is 33.5. The number of hydrogen-bond donors (Lipinski definition) is 4. The second kappa shape index (κ2) is 40.1. The van der Waals surface area contributed by atoms with Gasteiger partial charge in [-0.2, -0.15) is 0 Å². The molecule has 0 aromatic carbocycles. The number of hydrogen-bond acceptors (Lipinski definition) is 15. The average Bonchev–Trinajstić information content (AvgIpc) is 0.828. The largest absolute Gasteiger partial charge is 0.390 e. The number of carbonyl (C=O) groups excluding carboxylic acids is 11. The lowest BCUT2D eigenvalue weighted by molar-refractivity contribution is -0.157. The van der Waals surface area contributed by atoms with Crippen molar-refractivity contribution in [2.75, 3.05) is 62.5 Å². The first-order valence-corrected chi connectivity index (χ1v) is 33.5. The van der Waals surface area contributed by atoms with Crippen molar-refractivity contribution in [3.63, 3.8) is 0 Å². The van der Waals surface area contributed by atoms with Gasteiger partial charge < -0.3 is 55.0 Å². The summed E-state index contributed by atoms with van der Waals surface area (Å²) in [6.07, 6.45) is 2.74. The summed E-state index contributed by atoms with van der Waals surface area (Å²) in [5.74, 6) is -9.71. The van der Waals surface area contributed by atoms with E-state index in [1.54, 1.807) is 82.5 Å². The van der Waals surface area contributed by atoms with E-state index in [-0.39, 0.29) is 110 Å². The molecule has 14 atom stereocenters. The van der Waals surface area contributed by atoms with Crippen molar-refractivity contribution in [2.45, 2.75) is 250 Å². The van der Waals surface area contributed by atoms with Crippen LogP contribution >= 0.6 is 0 Å². The molecular weight excluding hydrogens is 1180 g/mol. The van der Waals surface area contributed by atoms with E-state index in [1.165, 1.54) is 66.7 Å². The highest BCUT2D eigenvalue weighted by Gasteiger charge is 2.45. The quantitative estimate of drug-likeness (QED) is 0.0466. The molecule has 0 saturated heterocycles. The van der Waals surface area contributed by atoms with Crippen LogP contribution in [0.1, 0.15) is 190 Å². The van der Waals surface area contributed by atoms with Crippen molar-refractivity contribution in [1.29, 1.82) is 0 Å². The Labute approximate surface area is 553 Å². The summed E-state index contributed by atoms with van der Waals surface area (Å²) in [6, 6.07) is -8.44. The van der Waals surface area contributed by atoms with Crippen molar-refractivity contribution < 1.29 is 67.7 Å². The van der Waals surface area contributed by atoms with Gasteiger partial charge in [0.1, 0.15) is 36.0 Å². The van der Waals surface area contributed by atoms with Crippen molar-refractivity contribution >= 4 is 64.5 Å². The second-order valence-electron chi connectivity index (χ2n) is 29.0. The third-order valence-corrected chi connectivity index (χ3v) is 17.9. The van der Waals surface area contributed by atoms with Gasteiger partial charge in [0.05, 0.1) is 43.0 Å². The predicted octanol–water partition coefficient (Wildman–Crippen LogP) is 6.64. The normalized spacial score (nSPS) is 16.7. The molecule has 0 spiro atoms. The van der Waals surface area contributed by atoms with E-state index in [2.05, 4.69) is 10.6 Å². The Morgan fingerprint density at radius 2 is 0.989 bits per heavy atom. The minimum atomic E-state index is -1.54. The molecule has 0 aromatic rings. The molecule has 0 aliphatic heterocycles. The average molecular weight is 1300 g/mol. The molecule has 0 aliphatic rings. The molecule has 4 N–H and O–H groups in total. The molecule has 22 nitrogen and oxygen atoms in total. The summed E-state index contributed by atoms with van der Waals surface area (Å²) in [5.41, 5.74) is -1.04. The van der Waals surface area contributed by atoms with Crippen molar-refractivity contribution in [1.82, 2.24) is 40.0 Å². The third-order valence-electron chi connectivity index (χ3n) is 17.9. The zero-order valence-corrected chi connectivity index (χ0v) is 61.7. The van der Waals surface area contributed by atoms with Gasteiger partial charge in [0.25, 0.3) is 0 Å². The highest BCUT2D eigenvalue weighted by Crippen LogP contribution is 2.29. The van der Waals surface area contributed by atoms with Gasteiger partial charge in [0.15, 0.2) is 17.3 Å². The Balaban J connectivity index is 6.95. The molecule has 0 heterocycles. The molecule has 1 unspecified atom stereocenters. The number of Topliss-reactive ketones (excluding diaryl/α,β-unsaturated/α-hetero) is 4. The molecule has 0 aliphatic carbocycles. The van der Waals surface area contributed by atoms with Crippen LogP contribution in [-0.2, 0) is 57.5 Å². The van der Waals surface area contributed by atoms with Crippen LogP contribution in [0.3, 0.4) is 0 Å². The lowest BCUT2D eigenvalue weighted by Crippen LogP contribution is -2.63. The molecule has 0 rings (SSSR count). The minimum absolute atomic E-state index is 0.0227. The number of aliphatic hydroxyl groups excluding tert-OH is 1. The number of allylic oxidation sites excluding steroid dienone is 2. The fourth-order valence-electron chi connectivity index (χ4n) is 11.7. The maximum atomic E-state index is 15.1. The highest BCUT2D eigenvalue weighted by molar-refractivity contribution is 5.99. The smallest absolute Gasteiger partial charge is 0.246 e. The molecule has 0 aromatic heterocycles. The summed E-state index contributed by atoms with van der Waals surface area (Å²) in [5, 5.41) is 27.9. The summed E-state index contributed by atoms with van der Waals surface area (Å²) < 4.78 is 5.69. The maximum Gasteiger partial charge on any atom is 0.246 e. The fourth-order valence-corrected chi connectivity index (χ4v) is 11.7. The summed E-state index contributed by atoms with van der Waals surface area (Å²) in [4.78, 5) is 164. The van der Waals surface area contributed by atoms with Crippen LogP contribution in [0.4, 0.5) is 0 Å². The number of amides is 7. The number of ether oxygens (including phenoxy) is 1. The van der Waals surface area contributed by atoms with Gasteiger partial charge in [-0.1, -0.05) is 116 Å². The number of rotatable bonds is 43. The summed E-state index contributed by atoms with van der Waals surface area (Å²) >= 11 is 0. The van der Waals surface area contributed by atoms with Crippen LogP contribution in [0.15, 0.2) is 12.2 Å². The zero-order valence-electron chi connectivity index (χ0n) is 61.7. The second-order valence-corrected chi connectivity index (χ2v) is 29.0. The number of ketones is 4. The fraction of sp³-hybridized carbons (Fsp3) is 0.814. The predicted molar refractivity (Wildman–Crippen MR) is 360 cm³/mol. The van der Waals surface area contributed by atoms with Crippen molar-refractivity contribution in [3.05, 3.63) is 12.2 Å². The van der Waals surface area contributed by atoms with Crippen LogP contribution in [-0.4, -0.2) is 227 Å². The molecule has 0 fully saturated rings. The topological polar surface area (TPSA) is 281 Å². The molecular formula is C70H126N8O14. The highest BCUT2D eigenvalue weighted by atomic mass is 16.5. The van der Waals surface area contributed by atoms with Gasteiger partial charge in [-0.05, 0) is 109 Å². The molecule has 0 saturated carbocycles. The molecule has 22 heteroatoms. The Hall–Kier alpha value is -5.45. The van der Waals surface area contributed by atoms with Crippen LogP contribution in [0.2, 0.25) is 0 Å². The standard InChI is InChI=1S/C70H126N8O14/c1-28-30-31-45(13)62(83)61(63(84)72-52(29-2)66(87)73(22)49(17)50(18)79)78(27)69(90)60(44(11)12)77(26)68(89)55(34-42(7)8)76(25)67(88)54(33-41(5)6)75(24)64(85)47(15)36-56(80)46(14)35-57(81)53(32-40(3)4)74(23)65(86)51(43(9)10)37-58(82)59(71-21)48(16)38-92-39-70(19,20)91/h28,30,40-49,51-55,59-62,71,83,91H,29,31-39H2,1-27H3,(H,72,84)/b30-28+/t45-,46-,47+,48-,49-,51+,52+,53+,54+,55+,59+,60+,61?,62-/m1/s1. The van der Waals surface area contributed by atoms with E-state index < -0.39 is 125 Å². The van der Waals surface area contributed by atoms with Crippen LogP contribution in [0.5, 0.6) is 0 Å². The van der Waals surface area contributed by atoms with E-state index in [4.69, 9.17) is 4.74 Å². The lowest BCUT2D eigenvalue weighted by Gasteiger charge is -2.41. The number of nitrogens with one attached hydrogen (secondary N) is 2. The SMILES string of the molecule is C/C=C/C[C@@H](C)[C@@H](O)C(C(=O)N[C@@H](CC)C(=O)N(C)[C@H](C)C(C)=O)N(C)C(=O)[C@H](C(C)C)N(C)C(=O)[C@H](CC(C)C)N(C)C(=O)[C@H](CC(C)C)N(C)C(=O)[C@@H](C)CC(=O)[C@H](C)CC(=O)[C@H](CC(C)C)N(C)C(=O)[C@@H](CC(=O)[C@@H](NC)[C@H](C)COCC(C)(C)O)C(C)C. The monoisotopic (exact) mass is 1300 g/mol. The van der Waals surface area contributed by atoms with Crippen LogP contribution in [0, 0.1) is 59.2 Å². The Bertz CT molecular complexity index is 2460. The summed E-state index contributed by atoms with van der Waals surface area (Å²) in [7, 11) is 10.5. The molecule has 92 heavy (non-hydrogen) atoms. The molecule has 530 valence electrons. The third kappa shape index (κ3) is 26.4. The Morgan fingerprint density at radius 1 is 0.533 bits per heavy atom. The van der Waals surface area contributed by atoms with Gasteiger partial charge in [-0.25, -0.2) is 0 Å². The number of nitrogens with zero attached hydrogens (tertiary/aromatic N) is 6. The first kappa shape index (κ1) is 86.5. The van der Waals surface area contributed by atoms with Gasteiger partial charge in [0, 0.05) is 85.2 Å². The minimum Gasteiger partial charge on any atom is -0.390 e. The number of aliphatic hydroxyl groups is 2. The zero-order chi connectivity index (χ0) is 71.9. The molecule has 0 bridgehead atoms. The number of likely N-dealkylation sites (N-methyl/N-ethyl adjacent to an activating group) is 7. The maximum absolute atomic E-state index is 15.1. The number of carbonyl (C=O) groups is 11. The Kier molecular flexibility index (Phi) is 37.7. The van der Waals surface area contributed by atoms with Gasteiger partial charge in [0.2, 0.25) is 41.4 Å². The van der Waals surface area contributed by atoms with E-state index in [9.17, 15) is 48.6 Å². The van der Waals surface area contributed by atoms with E-state index in [0.717, 1.165) is 4.90 Å². The molecule has 0 radical (unpaired) electrons. The van der Waals surface area contributed by atoms with Gasteiger partial charge >= 0.3 is 0 Å². The van der Waals surface area contributed by atoms with Gasteiger partial charge in [-0.3, -0.25) is 52.7 Å². The van der Waals surface area contributed by atoms with E-state index in [0.29, 0.717) is 12.8 Å². The summed E-state index contributed by atoms with van der Waals surface area (Å²) in [6.45, 7) is 35.4. The van der Waals surface area contributed by atoms with E-state index in [1.807, 2.05) is 75.3 Å². The molecule has 7 amide bonds. The van der Waals surface area contributed by atoms with Crippen molar-refractivity contribution in [2.24, 2.45) is 59.2 Å². The first-order chi connectivity index (χ1) is 42.3. The Morgan fingerprint density at radius 3 is 1.42 bits per heavy atom.